The minimum absolute atomic E-state index is 0.0184. The Labute approximate surface area is 141 Å². The molecule has 0 saturated carbocycles. The predicted octanol–water partition coefficient (Wildman–Crippen LogP) is 2.25. The summed E-state index contributed by atoms with van der Waals surface area (Å²) in [6, 6.07) is 0. The molecule has 3 aliphatic heterocycles. The van der Waals surface area contributed by atoms with Crippen molar-refractivity contribution in [3.63, 3.8) is 0 Å². The number of halogens is 1. The Kier molecular flexibility index (Phi) is 3.45. The number of hydrazone groups is 1. The van der Waals surface area contributed by atoms with E-state index in [2.05, 4.69) is 33.7 Å². The van der Waals surface area contributed by atoms with Gasteiger partial charge in [-0.3, -0.25) is 10.2 Å². The van der Waals surface area contributed by atoms with Crippen molar-refractivity contribution in [3.05, 3.63) is 22.4 Å². The van der Waals surface area contributed by atoms with Gasteiger partial charge in [-0.25, -0.2) is 0 Å². The van der Waals surface area contributed by atoms with Gasteiger partial charge in [0.1, 0.15) is 0 Å². The molecule has 2 fully saturated rings. The second-order valence-corrected chi connectivity index (χ2v) is 7.92. The number of amides is 1. The van der Waals surface area contributed by atoms with Crippen LogP contribution in [0.4, 0.5) is 0 Å². The van der Waals surface area contributed by atoms with Gasteiger partial charge in [-0.05, 0) is 38.7 Å². The SMILES string of the molecule is CC12CC(Cl)=CC(N3CCC4(CCCC(=O)N4)CC3)=C1C=NN2. The number of hydrogen-bond donors (Lipinski definition) is 2. The lowest BCUT2D eigenvalue weighted by Crippen LogP contribution is -2.57. The second kappa shape index (κ2) is 5.26. The number of likely N-dealkylation sites (tertiary alicyclic amines) is 1. The zero-order valence-electron chi connectivity index (χ0n) is 13.5. The molecule has 1 spiro atoms. The number of piperidine rings is 2. The summed E-state index contributed by atoms with van der Waals surface area (Å²) in [5, 5.41) is 8.39. The van der Waals surface area contributed by atoms with Crippen molar-refractivity contribution < 1.29 is 4.79 Å². The smallest absolute Gasteiger partial charge is 0.220 e. The molecule has 1 unspecified atom stereocenters. The van der Waals surface area contributed by atoms with E-state index in [4.69, 9.17) is 11.6 Å². The molecule has 4 rings (SSSR count). The van der Waals surface area contributed by atoms with E-state index < -0.39 is 0 Å². The van der Waals surface area contributed by atoms with Crippen LogP contribution in [0.3, 0.4) is 0 Å². The molecule has 0 bridgehead atoms. The quantitative estimate of drug-likeness (QED) is 0.773. The lowest BCUT2D eigenvalue weighted by atomic mass is 9.79. The van der Waals surface area contributed by atoms with Crippen LogP contribution < -0.4 is 10.7 Å². The van der Waals surface area contributed by atoms with Crippen LogP contribution in [0.1, 0.15) is 45.4 Å². The van der Waals surface area contributed by atoms with E-state index in [-0.39, 0.29) is 17.0 Å². The number of nitrogens with zero attached hydrogens (tertiary/aromatic N) is 2. The first-order chi connectivity index (χ1) is 11.0. The van der Waals surface area contributed by atoms with Crippen LogP contribution in [-0.2, 0) is 4.79 Å². The highest BCUT2D eigenvalue weighted by atomic mass is 35.5. The monoisotopic (exact) mass is 334 g/mol. The molecule has 1 atom stereocenters. The van der Waals surface area contributed by atoms with Crippen LogP contribution >= 0.6 is 11.6 Å². The molecule has 5 nitrogen and oxygen atoms in total. The van der Waals surface area contributed by atoms with Gasteiger partial charge in [-0.15, -0.1) is 0 Å². The summed E-state index contributed by atoms with van der Waals surface area (Å²) in [7, 11) is 0. The molecule has 0 radical (unpaired) electrons. The molecular weight excluding hydrogens is 312 g/mol. The highest BCUT2D eigenvalue weighted by molar-refractivity contribution is 6.30. The summed E-state index contributed by atoms with van der Waals surface area (Å²) in [4.78, 5) is 14.2. The van der Waals surface area contributed by atoms with Gasteiger partial charge < -0.3 is 10.2 Å². The Balaban J connectivity index is 1.55. The largest absolute Gasteiger partial charge is 0.371 e. The number of fused-ring (bicyclic) bond motifs is 1. The van der Waals surface area contributed by atoms with Crippen LogP contribution in [0.15, 0.2) is 27.5 Å². The maximum absolute atomic E-state index is 11.8. The van der Waals surface area contributed by atoms with E-state index in [1.807, 2.05) is 6.21 Å². The first-order valence-corrected chi connectivity index (χ1v) is 8.85. The Hall–Kier alpha value is -1.49. The Bertz CT molecular complexity index is 631. The average molecular weight is 335 g/mol. The van der Waals surface area contributed by atoms with Gasteiger partial charge in [-0.2, -0.15) is 5.10 Å². The van der Waals surface area contributed by atoms with E-state index in [0.717, 1.165) is 50.2 Å². The van der Waals surface area contributed by atoms with Crippen LogP contribution in [0.5, 0.6) is 0 Å². The fraction of sp³-hybridized carbons (Fsp3) is 0.647. The molecule has 0 aromatic rings. The maximum Gasteiger partial charge on any atom is 0.220 e. The minimum Gasteiger partial charge on any atom is -0.371 e. The molecule has 6 heteroatoms. The second-order valence-electron chi connectivity index (χ2n) is 7.44. The first kappa shape index (κ1) is 15.1. The third-order valence-electron chi connectivity index (χ3n) is 5.72. The van der Waals surface area contributed by atoms with E-state index in [1.54, 1.807) is 0 Å². The molecule has 4 aliphatic rings. The van der Waals surface area contributed by atoms with Gasteiger partial charge in [-0.1, -0.05) is 11.6 Å². The van der Waals surface area contributed by atoms with Crippen LogP contribution in [0.25, 0.3) is 0 Å². The topological polar surface area (TPSA) is 56.7 Å². The highest BCUT2D eigenvalue weighted by Gasteiger charge is 2.42. The summed E-state index contributed by atoms with van der Waals surface area (Å²) in [5.74, 6) is 0.215. The van der Waals surface area contributed by atoms with E-state index >= 15 is 0 Å². The fourth-order valence-corrected chi connectivity index (χ4v) is 4.73. The summed E-state index contributed by atoms with van der Waals surface area (Å²) in [6.07, 6.45) is 9.61. The lowest BCUT2D eigenvalue weighted by molar-refractivity contribution is -0.125. The summed E-state index contributed by atoms with van der Waals surface area (Å²) < 4.78 is 0. The normalized spacial score (nSPS) is 32.5. The van der Waals surface area contributed by atoms with Crippen molar-refractivity contribution in [2.24, 2.45) is 5.10 Å². The zero-order valence-corrected chi connectivity index (χ0v) is 14.2. The molecule has 2 saturated heterocycles. The van der Waals surface area contributed by atoms with Gasteiger partial charge in [0.05, 0.1) is 11.8 Å². The maximum atomic E-state index is 11.8. The molecule has 2 N–H and O–H groups in total. The number of rotatable bonds is 1. The van der Waals surface area contributed by atoms with E-state index in [9.17, 15) is 4.79 Å². The van der Waals surface area contributed by atoms with Crippen molar-refractivity contribution >= 4 is 23.7 Å². The van der Waals surface area contributed by atoms with E-state index in [1.165, 1.54) is 11.3 Å². The van der Waals surface area contributed by atoms with E-state index in [0.29, 0.717) is 6.42 Å². The molecule has 0 aromatic heterocycles. The predicted molar refractivity (Wildman–Crippen MR) is 91.1 cm³/mol. The van der Waals surface area contributed by atoms with Crippen molar-refractivity contribution in [2.45, 2.75) is 56.5 Å². The molecule has 3 heterocycles. The number of carbonyl (C=O) groups is 1. The Morgan fingerprint density at radius 2 is 2.09 bits per heavy atom. The molecule has 1 aliphatic carbocycles. The minimum atomic E-state index is -0.185. The Morgan fingerprint density at radius 3 is 2.83 bits per heavy atom. The molecule has 124 valence electrons. The van der Waals surface area contributed by atoms with Crippen molar-refractivity contribution in [1.82, 2.24) is 15.6 Å². The summed E-state index contributed by atoms with van der Waals surface area (Å²) in [5.41, 5.74) is 5.45. The van der Waals surface area contributed by atoms with Crippen molar-refractivity contribution in [2.75, 3.05) is 13.1 Å². The number of allylic oxidation sites excluding steroid dienone is 1. The summed E-state index contributed by atoms with van der Waals surface area (Å²) in [6.45, 7) is 4.05. The van der Waals surface area contributed by atoms with Gasteiger partial charge in [0.25, 0.3) is 0 Å². The molecule has 23 heavy (non-hydrogen) atoms. The number of nitrogens with one attached hydrogen (secondary N) is 2. The summed E-state index contributed by atoms with van der Waals surface area (Å²) >= 11 is 6.40. The van der Waals surface area contributed by atoms with Gasteiger partial charge in [0, 0.05) is 47.8 Å². The fourth-order valence-electron chi connectivity index (χ4n) is 4.36. The zero-order chi connectivity index (χ0) is 16.1. The molecular formula is C17H23ClN4O. The third kappa shape index (κ3) is 2.55. The number of hydrogen-bond acceptors (Lipinski definition) is 4. The van der Waals surface area contributed by atoms with Crippen LogP contribution in [0.2, 0.25) is 0 Å². The van der Waals surface area contributed by atoms with Gasteiger partial charge in [0.15, 0.2) is 0 Å². The third-order valence-corrected chi connectivity index (χ3v) is 5.96. The lowest BCUT2D eigenvalue weighted by Gasteiger charge is -2.46. The van der Waals surface area contributed by atoms with Crippen LogP contribution in [0, 0.1) is 0 Å². The highest BCUT2D eigenvalue weighted by Crippen LogP contribution is 2.39. The Morgan fingerprint density at radius 1 is 1.30 bits per heavy atom. The number of carbonyl (C=O) groups excluding carboxylic acids is 1. The average Bonchev–Trinajstić information content (AvgIpc) is 2.88. The van der Waals surface area contributed by atoms with Crippen molar-refractivity contribution in [1.29, 1.82) is 0 Å². The van der Waals surface area contributed by atoms with Gasteiger partial charge in [0.2, 0.25) is 5.91 Å². The molecule has 1 amide bonds. The standard InChI is InChI=1S/C17H23ClN4O/c1-16-10-12(18)9-14(13(16)11-19-21-16)22-7-5-17(6-8-22)4-2-3-15(23)20-17/h9,11,21H,2-8,10H2,1H3,(H,20,23). The first-order valence-electron chi connectivity index (χ1n) is 8.47. The van der Waals surface area contributed by atoms with Gasteiger partial charge >= 0.3 is 0 Å². The van der Waals surface area contributed by atoms with Crippen molar-refractivity contribution in [3.8, 4) is 0 Å². The van der Waals surface area contributed by atoms with Crippen LogP contribution in [-0.4, -0.2) is 41.2 Å². The molecule has 0 aromatic carbocycles.